The third kappa shape index (κ3) is 2.42. The van der Waals surface area contributed by atoms with Crippen LogP contribution in [0.15, 0.2) is 42.7 Å². The molecule has 0 spiro atoms. The van der Waals surface area contributed by atoms with E-state index >= 15 is 0 Å². The van der Waals surface area contributed by atoms with Gasteiger partial charge in [-0.2, -0.15) is 5.10 Å². The molecule has 3 aromatic rings. The Bertz CT molecular complexity index is 810. The predicted octanol–water partition coefficient (Wildman–Crippen LogP) is 3.02. The first-order valence-electron chi connectivity index (χ1n) is 6.78. The molecule has 0 saturated carbocycles. The number of halogens is 1. The molecular weight excluding hydrogens is 269 g/mol. The molecule has 0 aliphatic heterocycles. The van der Waals surface area contributed by atoms with Crippen LogP contribution < -0.4 is 0 Å². The molecule has 4 nitrogen and oxygen atoms in total. The molecule has 0 N–H and O–H groups in total. The Labute approximate surface area is 121 Å². The zero-order valence-corrected chi connectivity index (χ0v) is 11.6. The highest BCUT2D eigenvalue weighted by molar-refractivity contribution is 5.99. The molecule has 0 unspecified atom stereocenters. The molecule has 2 aromatic heterocycles. The van der Waals surface area contributed by atoms with Gasteiger partial charge in [0.1, 0.15) is 0 Å². The fourth-order valence-electron chi connectivity index (χ4n) is 2.42. The van der Waals surface area contributed by atoms with Crippen molar-refractivity contribution in [1.29, 1.82) is 0 Å². The van der Waals surface area contributed by atoms with E-state index in [2.05, 4.69) is 10.1 Å². The number of nitrogens with zero attached hydrogens (tertiary/aromatic N) is 3. The Morgan fingerprint density at radius 2 is 2.10 bits per heavy atom. The minimum absolute atomic E-state index is 0.0557. The summed E-state index contributed by atoms with van der Waals surface area (Å²) in [5, 5.41) is 5.39. The summed E-state index contributed by atoms with van der Waals surface area (Å²) in [6.07, 6.45) is 2.55. The topological polar surface area (TPSA) is 47.8 Å². The van der Waals surface area contributed by atoms with Gasteiger partial charge in [-0.3, -0.25) is 14.5 Å². The summed E-state index contributed by atoms with van der Waals surface area (Å²) in [5.74, 6) is -0.886. The number of para-hydroxylation sites is 1. The number of hydrogen-bond donors (Lipinski definition) is 0. The highest BCUT2D eigenvalue weighted by Gasteiger charge is 2.16. The van der Waals surface area contributed by atoms with Crippen LogP contribution in [-0.2, 0) is 13.0 Å². The lowest BCUT2D eigenvalue weighted by Crippen LogP contribution is -2.07. The van der Waals surface area contributed by atoms with Crippen LogP contribution in [0.3, 0.4) is 0 Å². The van der Waals surface area contributed by atoms with E-state index in [0.29, 0.717) is 5.69 Å². The van der Waals surface area contributed by atoms with E-state index < -0.39 is 5.82 Å². The molecule has 0 radical (unpaired) electrons. The van der Waals surface area contributed by atoms with Crippen molar-refractivity contribution in [2.45, 2.75) is 19.9 Å². The van der Waals surface area contributed by atoms with Crippen molar-refractivity contribution in [3.8, 4) is 0 Å². The molecule has 21 heavy (non-hydrogen) atoms. The van der Waals surface area contributed by atoms with E-state index in [1.54, 1.807) is 0 Å². The monoisotopic (exact) mass is 283 g/mol. The molecule has 0 aliphatic rings. The molecule has 3 rings (SSSR count). The quantitative estimate of drug-likeness (QED) is 0.691. The van der Waals surface area contributed by atoms with Crippen LogP contribution in [0.4, 0.5) is 4.39 Å². The Morgan fingerprint density at radius 3 is 2.86 bits per heavy atom. The number of fused-ring (bicyclic) bond motifs is 1. The number of Topliss-reactive ketones (excluding diaryl/α,β-unsaturated/α-hetero) is 1. The number of hydrogen-bond acceptors (Lipinski definition) is 3. The second-order valence-electron chi connectivity index (χ2n) is 4.74. The summed E-state index contributed by atoms with van der Waals surface area (Å²) in [5.41, 5.74) is 1.71. The highest BCUT2D eigenvalue weighted by Crippen LogP contribution is 2.20. The van der Waals surface area contributed by atoms with Crippen LogP contribution in [0.1, 0.15) is 23.0 Å². The molecule has 0 saturated heterocycles. The van der Waals surface area contributed by atoms with Gasteiger partial charge < -0.3 is 0 Å². The average Bonchev–Trinajstić information content (AvgIpc) is 2.86. The summed E-state index contributed by atoms with van der Waals surface area (Å²) in [4.78, 5) is 15.9. The summed E-state index contributed by atoms with van der Waals surface area (Å²) in [6.45, 7) is 2.71. The van der Waals surface area contributed by atoms with E-state index in [1.807, 2.05) is 35.9 Å². The third-order valence-electron chi connectivity index (χ3n) is 3.43. The molecule has 106 valence electrons. The van der Waals surface area contributed by atoms with Crippen molar-refractivity contribution < 1.29 is 9.18 Å². The van der Waals surface area contributed by atoms with Crippen molar-refractivity contribution in [3.63, 3.8) is 0 Å². The normalized spacial score (nSPS) is 11.0. The van der Waals surface area contributed by atoms with E-state index in [4.69, 9.17) is 0 Å². The molecule has 0 aliphatic carbocycles. The minimum Gasteiger partial charge on any atom is -0.294 e. The summed E-state index contributed by atoms with van der Waals surface area (Å²) >= 11 is 0. The zero-order valence-electron chi connectivity index (χ0n) is 11.6. The first-order chi connectivity index (χ1) is 10.2. The van der Waals surface area contributed by atoms with E-state index in [0.717, 1.165) is 23.6 Å². The molecule has 0 bridgehead atoms. The van der Waals surface area contributed by atoms with Crippen molar-refractivity contribution in [2.24, 2.45) is 0 Å². The third-order valence-corrected chi connectivity index (χ3v) is 3.43. The maximum absolute atomic E-state index is 13.6. The lowest BCUT2D eigenvalue weighted by molar-refractivity contribution is 0.0988. The van der Waals surface area contributed by atoms with Crippen molar-refractivity contribution in [1.82, 2.24) is 14.8 Å². The zero-order chi connectivity index (χ0) is 14.8. The average molecular weight is 283 g/mol. The SMILES string of the molecule is CCn1nc(CC(=O)c2ccncc2F)c2ccccc21. The number of pyridine rings is 1. The van der Waals surface area contributed by atoms with Gasteiger partial charge in [-0.25, -0.2) is 4.39 Å². The van der Waals surface area contributed by atoms with E-state index in [9.17, 15) is 9.18 Å². The first-order valence-corrected chi connectivity index (χ1v) is 6.78. The predicted molar refractivity (Wildman–Crippen MR) is 77.6 cm³/mol. The van der Waals surface area contributed by atoms with E-state index in [-0.39, 0.29) is 17.8 Å². The van der Waals surface area contributed by atoms with Crippen LogP contribution in [0, 0.1) is 5.82 Å². The number of rotatable bonds is 4. The van der Waals surface area contributed by atoms with Crippen LogP contribution in [0.5, 0.6) is 0 Å². The van der Waals surface area contributed by atoms with Crippen molar-refractivity contribution >= 4 is 16.7 Å². The fourth-order valence-corrected chi connectivity index (χ4v) is 2.42. The Kier molecular flexibility index (Phi) is 3.48. The second-order valence-corrected chi connectivity index (χ2v) is 4.74. The lowest BCUT2D eigenvalue weighted by atomic mass is 10.1. The van der Waals surface area contributed by atoms with Crippen LogP contribution in [-0.4, -0.2) is 20.5 Å². The molecule has 2 heterocycles. The van der Waals surface area contributed by atoms with Gasteiger partial charge in [0, 0.05) is 18.1 Å². The van der Waals surface area contributed by atoms with Gasteiger partial charge >= 0.3 is 0 Å². The molecule has 0 fully saturated rings. The second kappa shape index (κ2) is 5.44. The van der Waals surface area contributed by atoms with Gasteiger partial charge in [-0.05, 0) is 19.1 Å². The van der Waals surface area contributed by atoms with E-state index in [1.165, 1.54) is 12.3 Å². The number of carbonyl (C=O) groups excluding carboxylic acids is 1. The van der Waals surface area contributed by atoms with Crippen LogP contribution in [0.25, 0.3) is 10.9 Å². The maximum Gasteiger partial charge on any atom is 0.171 e. The summed E-state index contributed by atoms with van der Waals surface area (Å²) in [6, 6.07) is 9.14. The van der Waals surface area contributed by atoms with Crippen molar-refractivity contribution in [3.05, 3.63) is 59.8 Å². The smallest absolute Gasteiger partial charge is 0.171 e. The largest absolute Gasteiger partial charge is 0.294 e. The van der Waals surface area contributed by atoms with Gasteiger partial charge in [0.25, 0.3) is 0 Å². The van der Waals surface area contributed by atoms with Crippen LogP contribution >= 0.6 is 0 Å². The maximum atomic E-state index is 13.6. The van der Waals surface area contributed by atoms with Gasteiger partial charge in [-0.1, -0.05) is 18.2 Å². The standard InChI is InChI=1S/C16H14FN3O/c1-2-20-15-6-4-3-5-12(15)14(19-20)9-16(21)11-7-8-18-10-13(11)17/h3-8,10H,2,9H2,1H3. The Balaban J connectivity index is 1.99. The highest BCUT2D eigenvalue weighted by atomic mass is 19.1. The number of ketones is 1. The number of carbonyl (C=O) groups is 1. The number of benzene rings is 1. The van der Waals surface area contributed by atoms with Gasteiger partial charge in [-0.15, -0.1) is 0 Å². The lowest BCUT2D eigenvalue weighted by Gasteiger charge is -2.00. The molecule has 0 atom stereocenters. The van der Waals surface area contributed by atoms with Gasteiger partial charge in [0.15, 0.2) is 11.6 Å². The summed E-state index contributed by atoms with van der Waals surface area (Å²) < 4.78 is 15.5. The first kappa shape index (κ1) is 13.4. The number of aryl methyl sites for hydroxylation is 1. The summed E-state index contributed by atoms with van der Waals surface area (Å²) in [7, 11) is 0. The molecule has 0 amide bonds. The van der Waals surface area contributed by atoms with Crippen LogP contribution in [0.2, 0.25) is 0 Å². The molecule has 1 aromatic carbocycles. The Morgan fingerprint density at radius 1 is 1.29 bits per heavy atom. The molecular formula is C16H14FN3O. The van der Waals surface area contributed by atoms with Gasteiger partial charge in [0.2, 0.25) is 0 Å². The molecule has 5 heteroatoms. The van der Waals surface area contributed by atoms with Crippen molar-refractivity contribution in [2.75, 3.05) is 0 Å². The number of aromatic nitrogens is 3. The minimum atomic E-state index is -0.596. The van der Waals surface area contributed by atoms with Gasteiger partial charge in [0.05, 0.1) is 29.4 Å². The fraction of sp³-hybridized carbons (Fsp3) is 0.188. The Hall–Kier alpha value is -2.56.